The van der Waals surface area contributed by atoms with Crippen molar-refractivity contribution in [3.63, 3.8) is 0 Å². The predicted octanol–water partition coefficient (Wildman–Crippen LogP) is 2.37. The maximum atomic E-state index is 11.7. The van der Waals surface area contributed by atoms with Crippen molar-refractivity contribution in [1.29, 1.82) is 0 Å². The maximum absolute atomic E-state index is 11.7. The van der Waals surface area contributed by atoms with E-state index in [0.29, 0.717) is 17.7 Å². The van der Waals surface area contributed by atoms with E-state index in [2.05, 4.69) is 34.7 Å². The molecule has 1 aliphatic heterocycles. The Labute approximate surface area is 112 Å². The molecule has 2 N–H and O–H groups in total. The van der Waals surface area contributed by atoms with Gasteiger partial charge in [0.1, 0.15) is 5.78 Å². The molecule has 98 valence electrons. The van der Waals surface area contributed by atoms with Gasteiger partial charge in [-0.3, -0.25) is 4.79 Å². The van der Waals surface area contributed by atoms with Crippen LogP contribution in [0.4, 0.5) is 0 Å². The highest BCUT2D eigenvalue weighted by atomic mass is 16.1. The summed E-state index contributed by atoms with van der Waals surface area (Å²) in [5.41, 5.74) is 4.07. The second-order valence-corrected chi connectivity index (χ2v) is 5.95. The molecule has 3 heteroatoms. The molecule has 3 atom stereocenters. The number of rotatable bonds is 1. The lowest BCUT2D eigenvalue weighted by molar-refractivity contribution is -0.121. The Morgan fingerprint density at radius 2 is 2.26 bits per heavy atom. The quantitative estimate of drug-likeness (QED) is 0.820. The van der Waals surface area contributed by atoms with Gasteiger partial charge in [-0.2, -0.15) is 0 Å². The molecule has 1 aromatic heterocycles. The van der Waals surface area contributed by atoms with Crippen molar-refractivity contribution in [2.75, 3.05) is 6.54 Å². The molecule has 4 rings (SSSR count). The minimum Gasteiger partial charge on any atom is -0.361 e. The highest BCUT2D eigenvalue weighted by Gasteiger charge is 2.37. The normalized spacial score (nSPS) is 29.2. The molecule has 2 aliphatic rings. The molecule has 0 amide bonds. The number of hydrogen-bond donors (Lipinski definition) is 2. The summed E-state index contributed by atoms with van der Waals surface area (Å²) in [4.78, 5) is 15.0. The van der Waals surface area contributed by atoms with Crippen LogP contribution in [0.3, 0.4) is 0 Å². The smallest absolute Gasteiger partial charge is 0.134 e. The third-order valence-corrected chi connectivity index (χ3v) is 4.88. The van der Waals surface area contributed by atoms with Gasteiger partial charge in [-0.25, -0.2) is 0 Å². The molecule has 0 saturated carbocycles. The highest BCUT2D eigenvalue weighted by molar-refractivity contribution is 5.88. The largest absolute Gasteiger partial charge is 0.361 e. The van der Waals surface area contributed by atoms with Crippen LogP contribution in [0, 0.1) is 5.92 Å². The average Bonchev–Trinajstić information content (AvgIpc) is 2.83. The summed E-state index contributed by atoms with van der Waals surface area (Å²) in [7, 11) is 0. The van der Waals surface area contributed by atoms with Crippen LogP contribution in [-0.2, 0) is 11.2 Å². The van der Waals surface area contributed by atoms with Crippen LogP contribution < -0.4 is 5.32 Å². The molecule has 19 heavy (non-hydrogen) atoms. The van der Waals surface area contributed by atoms with Gasteiger partial charge in [0, 0.05) is 41.5 Å². The Balaban J connectivity index is 1.82. The Morgan fingerprint density at radius 1 is 1.37 bits per heavy atom. The zero-order valence-corrected chi connectivity index (χ0v) is 11.1. The van der Waals surface area contributed by atoms with Crippen LogP contribution >= 0.6 is 0 Å². The highest BCUT2D eigenvalue weighted by Crippen LogP contribution is 2.41. The number of piperidine rings is 1. The third kappa shape index (κ3) is 1.58. The lowest BCUT2D eigenvalue weighted by atomic mass is 9.72. The van der Waals surface area contributed by atoms with Gasteiger partial charge in [-0.15, -0.1) is 0 Å². The maximum Gasteiger partial charge on any atom is 0.134 e. The zero-order valence-electron chi connectivity index (χ0n) is 11.1. The molecule has 1 aromatic carbocycles. The number of carbonyl (C=O) groups excluding carboxylic acids is 1. The van der Waals surface area contributed by atoms with Gasteiger partial charge in [0.15, 0.2) is 0 Å². The number of nitrogens with one attached hydrogen (secondary N) is 2. The Kier molecular flexibility index (Phi) is 2.33. The molecule has 0 spiro atoms. The predicted molar refractivity (Wildman–Crippen MR) is 75.3 cm³/mol. The Bertz CT molecular complexity index is 658. The van der Waals surface area contributed by atoms with Crippen molar-refractivity contribution in [3.8, 4) is 0 Å². The van der Waals surface area contributed by atoms with Crippen LogP contribution in [0.25, 0.3) is 10.9 Å². The molecule has 1 saturated heterocycles. The van der Waals surface area contributed by atoms with Gasteiger partial charge in [0.25, 0.3) is 0 Å². The van der Waals surface area contributed by atoms with Crippen molar-refractivity contribution in [2.24, 2.45) is 5.92 Å². The Hall–Kier alpha value is -1.61. The van der Waals surface area contributed by atoms with E-state index in [1.54, 1.807) is 6.92 Å². The lowest BCUT2D eigenvalue weighted by Crippen LogP contribution is -2.48. The summed E-state index contributed by atoms with van der Waals surface area (Å²) in [5.74, 6) is 0.977. The first kappa shape index (κ1) is 11.2. The SMILES string of the molecule is CC(=O)C1CN[C@@H]2Cc3c[nH]c4cccc(c34)[C@H]2C1. The third-order valence-electron chi connectivity index (χ3n) is 4.88. The van der Waals surface area contributed by atoms with E-state index in [0.717, 1.165) is 19.4 Å². The summed E-state index contributed by atoms with van der Waals surface area (Å²) in [5, 5.41) is 4.99. The van der Waals surface area contributed by atoms with E-state index in [9.17, 15) is 4.79 Å². The fourth-order valence-corrected chi connectivity index (χ4v) is 3.85. The number of benzene rings is 1. The summed E-state index contributed by atoms with van der Waals surface area (Å²) in [6.07, 6.45) is 4.21. The molecular weight excluding hydrogens is 236 g/mol. The summed E-state index contributed by atoms with van der Waals surface area (Å²) < 4.78 is 0. The second kappa shape index (κ2) is 3.94. The molecule has 3 nitrogen and oxygen atoms in total. The van der Waals surface area contributed by atoms with Gasteiger partial charge >= 0.3 is 0 Å². The van der Waals surface area contributed by atoms with E-state index >= 15 is 0 Å². The van der Waals surface area contributed by atoms with Gasteiger partial charge in [0.05, 0.1) is 0 Å². The van der Waals surface area contributed by atoms with E-state index in [4.69, 9.17) is 0 Å². The second-order valence-electron chi connectivity index (χ2n) is 5.95. The molecule has 1 aliphatic carbocycles. The molecule has 2 heterocycles. The number of aromatic amines is 1. The van der Waals surface area contributed by atoms with Crippen molar-refractivity contribution >= 4 is 16.7 Å². The topological polar surface area (TPSA) is 44.9 Å². The van der Waals surface area contributed by atoms with Gasteiger partial charge in [-0.05, 0) is 37.0 Å². The van der Waals surface area contributed by atoms with Gasteiger partial charge in [0.2, 0.25) is 0 Å². The molecule has 0 bridgehead atoms. The summed E-state index contributed by atoms with van der Waals surface area (Å²) in [6, 6.07) is 6.99. The van der Waals surface area contributed by atoms with Crippen LogP contribution in [0.5, 0.6) is 0 Å². The molecule has 2 aromatic rings. The fourth-order valence-electron chi connectivity index (χ4n) is 3.85. The first-order valence-corrected chi connectivity index (χ1v) is 7.06. The summed E-state index contributed by atoms with van der Waals surface area (Å²) >= 11 is 0. The van der Waals surface area contributed by atoms with Crippen molar-refractivity contribution in [1.82, 2.24) is 10.3 Å². The first-order valence-electron chi connectivity index (χ1n) is 7.06. The average molecular weight is 254 g/mol. The van der Waals surface area contributed by atoms with Crippen LogP contribution in [-0.4, -0.2) is 23.4 Å². The molecule has 0 radical (unpaired) electrons. The van der Waals surface area contributed by atoms with Crippen LogP contribution in [0.2, 0.25) is 0 Å². The minimum atomic E-state index is 0.178. The number of Topliss-reactive ketones (excluding diaryl/α,β-unsaturated/α-hetero) is 1. The van der Waals surface area contributed by atoms with Gasteiger partial charge in [-0.1, -0.05) is 12.1 Å². The number of ketones is 1. The van der Waals surface area contributed by atoms with E-state index in [1.807, 2.05) is 0 Å². The number of aromatic nitrogens is 1. The van der Waals surface area contributed by atoms with E-state index in [-0.39, 0.29) is 5.92 Å². The fraction of sp³-hybridized carbons (Fsp3) is 0.438. The van der Waals surface area contributed by atoms with Crippen molar-refractivity contribution < 1.29 is 4.79 Å². The van der Waals surface area contributed by atoms with Crippen molar-refractivity contribution in [2.45, 2.75) is 31.7 Å². The summed E-state index contributed by atoms with van der Waals surface area (Å²) in [6.45, 7) is 2.56. The van der Waals surface area contributed by atoms with E-state index < -0.39 is 0 Å². The molecular formula is C16H18N2O. The van der Waals surface area contributed by atoms with Crippen LogP contribution in [0.1, 0.15) is 30.4 Å². The van der Waals surface area contributed by atoms with Crippen LogP contribution in [0.15, 0.2) is 24.4 Å². The number of fused-ring (bicyclic) bond motifs is 2. The van der Waals surface area contributed by atoms with Gasteiger partial charge < -0.3 is 10.3 Å². The zero-order chi connectivity index (χ0) is 13.0. The molecule has 1 unspecified atom stereocenters. The first-order chi connectivity index (χ1) is 9.24. The Morgan fingerprint density at radius 3 is 3.11 bits per heavy atom. The van der Waals surface area contributed by atoms with E-state index in [1.165, 1.54) is 22.0 Å². The van der Waals surface area contributed by atoms with Crippen molar-refractivity contribution in [3.05, 3.63) is 35.5 Å². The number of H-pyrrole nitrogens is 1. The number of carbonyl (C=O) groups is 1. The monoisotopic (exact) mass is 254 g/mol. The number of hydrogen-bond acceptors (Lipinski definition) is 2. The molecule has 1 fully saturated rings. The standard InChI is InChI=1S/C16H18N2O/c1-9(19)10-5-13-12-3-2-4-14-16(12)11(8-17-14)6-15(13)18-7-10/h2-4,8,10,13,15,17-18H,5-7H2,1H3/t10?,13-,15-/m1/s1. The minimum absolute atomic E-state index is 0.178. The lowest BCUT2D eigenvalue weighted by Gasteiger charge is -2.39.